The molecule has 4 aromatic rings. The lowest BCUT2D eigenvalue weighted by Gasteiger charge is -2.14. The predicted molar refractivity (Wildman–Crippen MR) is 128 cm³/mol. The number of fused-ring (bicyclic) bond motifs is 1. The molecule has 1 saturated carbocycles. The molecule has 0 unspecified atom stereocenters. The van der Waals surface area contributed by atoms with Crippen LogP contribution in [0.25, 0.3) is 22.2 Å². The number of ketones is 1. The SMILES string of the molecule is COc1ccc2nc(Nc3ccc(-c4ccc(C(=O)[C@@H]5CCC[C@H]5C(=O)O)cc4)cc3F)oc2c1. The van der Waals surface area contributed by atoms with Crippen LogP contribution in [0.3, 0.4) is 0 Å². The van der Waals surface area contributed by atoms with E-state index >= 15 is 0 Å². The summed E-state index contributed by atoms with van der Waals surface area (Å²) in [6.45, 7) is 0. The molecule has 2 atom stereocenters. The highest BCUT2D eigenvalue weighted by molar-refractivity contribution is 6.00. The van der Waals surface area contributed by atoms with Crippen molar-refractivity contribution >= 4 is 34.6 Å². The quantitative estimate of drug-likeness (QED) is 0.314. The van der Waals surface area contributed by atoms with Crippen LogP contribution in [0, 0.1) is 17.7 Å². The molecule has 35 heavy (non-hydrogen) atoms. The molecule has 5 rings (SSSR count). The number of rotatable bonds is 7. The molecular weight excluding hydrogens is 451 g/mol. The van der Waals surface area contributed by atoms with Gasteiger partial charge in [0.25, 0.3) is 6.01 Å². The summed E-state index contributed by atoms with van der Waals surface area (Å²) in [5, 5.41) is 12.2. The van der Waals surface area contributed by atoms with Crippen molar-refractivity contribution in [2.24, 2.45) is 11.8 Å². The van der Waals surface area contributed by atoms with Gasteiger partial charge in [-0.2, -0.15) is 4.98 Å². The molecule has 1 aromatic heterocycles. The van der Waals surface area contributed by atoms with Crippen LogP contribution < -0.4 is 10.1 Å². The van der Waals surface area contributed by atoms with Gasteiger partial charge < -0.3 is 19.6 Å². The Morgan fingerprint density at radius 3 is 2.49 bits per heavy atom. The first kappa shape index (κ1) is 22.6. The standard InChI is InChI=1S/C27H23FN2O5/c1-34-18-10-12-23-24(14-18)35-27(30-23)29-22-11-9-17(13-21(22)28)15-5-7-16(8-6-15)25(31)19-3-2-4-20(19)26(32)33/h5-14,19-20H,2-4H2,1H3,(H,29,30)(H,32,33)/t19-,20-/m1/s1. The number of hydrogen-bond donors (Lipinski definition) is 2. The summed E-state index contributed by atoms with van der Waals surface area (Å²) in [5.41, 5.74) is 3.19. The maximum Gasteiger partial charge on any atom is 0.307 e. The molecule has 0 amide bonds. The van der Waals surface area contributed by atoms with E-state index in [4.69, 9.17) is 9.15 Å². The topological polar surface area (TPSA) is 102 Å². The minimum Gasteiger partial charge on any atom is -0.497 e. The zero-order chi connectivity index (χ0) is 24.5. The highest BCUT2D eigenvalue weighted by atomic mass is 19.1. The van der Waals surface area contributed by atoms with Gasteiger partial charge in [0.15, 0.2) is 11.4 Å². The average molecular weight is 474 g/mol. The van der Waals surface area contributed by atoms with Crippen LogP contribution in [0.1, 0.15) is 29.6 Å². The summed E-state index contributed by atoms with van der Waals surface area (Å²) in [7, 11) is 1.56. The Kier molecular flexibility index (Phi) is 5.94. The number of carbonyl (C=O) groups excluding carboxylic acids is 1. The Morgan fingerprint density at radius 1 is 1.03 bits per heavy atom. The fraction of sp³-hybridized carbons (Fsp3) is 0.222. The van der Waals surface area contributed by atoms with E-state index in [1.165, 1.54) is 6.07 Å². The van der Waals surface area contributed by atoms with Gasteiger partial charge in [0, 0.05) is 17.5 Å². The molecule has 0 spiro atoms. The van der Waals surface area contributed by atoms with Gasteiger partial charge in [-0.15, -0.1) is 0 Å². The van der Waals surface area contributed by atoms with Crippen molar-refractivity contribution in [3.8, 4) is 16.9 Å². The number of aliphatic carboxylic acids is 1. The van der Waals surface area contributed by atoms with Gasteiger partial charge in [-0.3, -0.25) is 9.59 Å². The first-order valence-corrected chi connectivity index (χ1v) is 11.3. The number of carboxylic acid groups (broad SMARTS) is 1. The van der Waals surface area contributed by atoms with Gasteiger partial charge in [-0.1, -0.05) is 36.8 Å². The van der Waals surface area contributed by atoms with E-state index in [1.54, 1.807) is 61.7 Å². The van der Waals surface area contributed by atoms with Crippen molar-refractivity contribution in [1.82, 2.24) is 4.98 Å². The third-order valence-electron chi connectivity index (χ3n) is 6.48. The molecule has 1 aliphatic carbocycles. The normalized spacial score (nSPS) is 17.4. The fourth-order valence-corrected chi connectivity index (χ4v) is 4.61. The van der Waals surface area contributed by atoms with Gasteiger partial charge in [0.1, 0.15) is 17.1 Å². The smallest absolute Gasteiger partial charge is 0.307 e. The second-order valence-electron chi connectivity index (χ2n) is 8.60. The fourth-order valence-electron chi connectivity index (χ4n) is 4.61. The van der Waals surface area contributed by atoms with Crippen LogP contribution in [-0.4, -0.2) is 29.0 Å². The highest BCUT2D eigenvalue weighted by Gasteiger charge is 2.37. The van der Waals surface area contributed by atoms with E-state index in [-0.39, 0.29) is 17.5 Å². The molecular formula is C27H23FN2O5. The number of carbonyl (C=O) groups is 2. The molecule has 7 nitrogen and oxygen atoms in total. The van der Waals surface area contributed by atoms with Crippen LogP contribution >= 0.6 is 0 Å². The summed E-state index contributed by atoms with van der Waals surface area (Å²) in [4.78, 5) is 28.6. The Morgan fingerprint density at radius 2 is 1.77 bits per heavy atom. The van der Waals surface area contributed by atoms with Crippen LogP contribution in [-0.2, 0) is 4.79 Å². The van der Waals surface area contributed by atoms with Crippen LogP contribution in [0.5, 0.6) is 5.75 Å². The molecule has 0 bridgehead atoms. The first-order valence-electron chi connectivity index (χ1n) is 11.3. The minimum atomic E-state index is -0.917. The maximum atomic E-state index is 14.9. The lowest BCUT2D eigenvalue weighted by molar-refractivity contribution is -0.142. The first-order chi connectivity index (χ1) is 16.9. The number of Topliss-reactive ketones (excluding diaryl/α,β-unsaturated/α-hetero) is 1. The second kappa shape index (κ2) is 9.21. The maximum absolute atomic E-state index is 14.9. The number of halogens is 1. The number of aromatic nitrogens is 1. The minimum absolute atomic E-state index is 0.150. The monoisotopic (exact) mass is 474 g/mol. The average Bonchev–Trinajstić information content (AvgIpc) is 3.51. The number of ether oxygens (including phenoxy) is 1. The van der Waals surface area contributed by atoms with E-state index < -0.39 is 23.6 Å². The van der Waals surface area contributed by atoms with Crippen molar-refractivity contribution in [1.29, 1.82) is 0 Å². The summed E-state index contributed by atoms with van der Waals surface area (Å²) < 4.78 is 25.7. The second-order valence-corrected chi connectivity index (χ2v) is 8.60. The van der Waals surface area contributed by atoms with E-state index in [2.05, 4.69) is 10.3 Å². The number of hydrogen-bond acceptors (Lipinski definition) is 6. The number of nitrogens with one attached hydrogen (secondary N) is 1. The highest BCUT2D eigenvalue weighted by Crippen LogP contribution is 2.35. The molecule has 1 aliphatic rings. The van der Waals surface area contributed by atoms with E-state index in [0.717, 1.165) is 12.0 Å². The largest absolute Gasteiger partial charge is 0.497 e. The van der Waals surface area contributed by atoms with Crippen molar-refractivity contribution < 1.29 is 28.2 Å². The number of nitrogens with zero attached hydrogens (tertiary/aromatic N) is 1. The summed E-state index contributed by atoms with van der Waals surface area (Å²) >= 11 is 0. The molecule has 1 fully saturated rings. The van der Waals surface area contributed by atoms with Crippen molar-refractivity contribution in [3.05, 3.63) is 72.0 Å². The van der Waals surface area contributed by atoms with Crippen LogP contribution in [0.15, 0.2) is 65.1 Å². The number of methoxy groups -OCH3 is 1. The van der Waals surface area contributed by atoms with Crippen LogP contribution in [0.4, 0.5) is 16.1 Å². The van der Waals surface area contributed by atoms with Crippen molar-refractivity contribution in [3.63, 3.8) is 0 Å². The molecule has 0 radical (unpaired) electrons. The van der Waals surface area contributed by atoms with Gasteiger partial charge in [0.2, 0.25) is 0 Å². The zero-order valence-corrected chi connectivity index (χ0v) is 19.0. The zero-order valence-electron chi connectivity index (χ0n) is 19.0. The van der Waals surface area contributed by atoms with Crippen LogP contribution in [0.2, 0.25) is 0 Å². The van der Waals surface area contributed by atoms with E-state index in [9.17, 15) is 19.1 Å². The molecule has 2 N–H and O–H groups in total. The Hall–Kier alpha value is -4.20. The summed E-state index contributed by atoms with van der Waals surface area (Å²) in [6.07, 6.45) is 1.86. The molecule has 1 heterocycles. The lowest BCUT2D eigenvalue weighted by Crippen LogP contribution is -2.25. The van der Waals surface area contributed by atoms with Gasteiger partial charge in [-0.25, -0.2) is 4.39 Å². The molecule has 0 aliphatic heterocycles. The third kappa shape index (κ3) is 4.47. The molecule has 178 valence electrons. The number of benzene rings is 3. The van der Waals surface area contributed by atoms with Gasteiger partial charge in [-0.05, 0) is 48.2 Å². The number of oxazole rings is 1. The summed E-state index contributed by atoms with van der Waals surface area (Å²) in [6, 6.07) is 17.0. The number of anilines is 2. The Bertz CT molecular complexity index is 1410. The van der Waals surface area contributed by atoms with Crippen molar-refractivity contribution in [2.75, 3.05) is 12.4 Å². The van der Waals surface area contributed by atoms with E-state index in [1.807, 2.05) is 0 Å². The van der Waals surface area contributed by atoms with Gasteiger partial charge >= 0.3 is 5.97 Å². The van der Waals surface area contributed by atoms with Crippen molar-refractivity contribution in [2.45, 2.75) is 19.3 Å². The van der Waals surface area contributed by atoms with Gasteiger partial charge in [0.05, 0.1) is 18.7 Å². The Balaban J connectivity index is 1.32. The molecule has 3 aromatic carbocycles. The third-order valence-corrected chi connectivity index (χ3v) is 6.48. The van der Waals surface area contributed by atoms with E-state index in [0.29, 0.717) is 40.8 Å². The molecule has 0 saturated heterocycles. The lowest BCUT2D eigenvalue weighted by atomic mass is 9.88. The molecule has 8 heteroatoms. The predicted octanol–water partition coefficient (Wildman–Crippen LogP) is 6.07. The Labute approximate surface area is 200 Å². The summed E-state index contributed by atoms with van der Waals surface area (Å²) in [5.74, 6) is -2.04. The number of carboxylic acids is 1.